The molecule has 0 atom stereocenters. The topological polar surface area (TPSA) is 58.4 Å². The first-order chi connectivity index (χ1) is 8.59. The van der Waals surface area contributed by atoms with Crippen LogP contribution in [-0.4, -0.2) is 25.0 Å². The van der Waals surface area contributed by atoms with Crippen molar-refractivity contribution in [1.29, 1.82) is 0 Å². The molecule has 2 aromatic rings. The summed E-state index contributed by atoms with van der Waals surface area (Å²) in [4.78, 5) is 18.1. The Bertz CT molecular complexity index is 566. The molecule has 0 fully saturated rings. The molecule has 0 bridgehead atoms. The lowest BCUT2D eigenvalue weighted by Crippen LogP contribution is -2.17. The fourth-order valence-corrected chi connectivity index (χ4v) is 1.92. The van der Waals surface area contributed by atoms with Crippen molar-refractivity contribution in [3.8, 4) is 0 Å². The zero-order chi connectivity index (χ0) is 13.1. The van der Waals surface area contributed by atoms with Crippen molar-refractivity contribution >= 4 is 33.3 Å². The first-order valence-electron chi connectivity index (χ1n) is 5.26. The van der Waals surface area contributed by atoms with E-state index in [1.807, 2.05) is 19.0 Å². The number of anilines is 2. The van der Waals surface area contributed by atoms with E-state index in [4.69, 9.17) is 4.42 Å². The molecule has 0 saturated heterocycles. The predicted octanol–water partition coefficient (Wildman–Crippen LogP) is 2.76. The molecular weight excluding hydrogens is 298 g/mol. The van der Waals surface area contributed by atoms with Gasteiger partial charge in [-0.3, -0.25) is 4.79 Å². The summed E-state index contributed by atoms with van der Waals surface area (Å²) >= 11 is 3.17. The Morgan fingerprint density at radius 2 is 2.22 bits per heavy atom. The zero-order valence-electron chi connectivity index (χ0n) is 9.98. The van der Waals surface area contributed by atoms with Crippen LogP contribution in [0.1, 0.15) is 10.4 Å². The van der Waals surface area contributed by atoms with E-state index in [0.717, 1.165) is 0 Å². The second-order valence-electron chi connectivity index (χ2n) is 3.83. The lowest BCUT2D eigenvalue weighted by molar-refractivity contribution is 0.102. The molecule has 5 nitrogen and oxygen atoms in total. The fourth-order valence-electron chi connectivity index (χ4n) is 1.50. The Hall–Kier alpha value is -1.82. The largest absolute Gasteiger partial charge is 0.457 e. The second kappa shape index (κ2) is 5.22. The van der Waals surface area contributed by atoms with Crippen LogP contribution < -0.4 is 10.2 Å². The van der Waals surface area contributed by atoms with Gasteiger partial charge in [-0.2, -0.15) is 0 Å². The third-order valence-corrected chi connectivity index (χ3v) is 2.94. The Kier molecular flexibility index (Phi) is 3.66. The van der Waals surface area contributed by atoms with Crippen LogP contribution in [-0.2, 0) is 0 Å². The number of aromatic nitrogens is 1. The molecular formula is C12H12BrN3O2. The summed E-state index contributed by atoms with van der Waals surface area (Å²) < 4.78 is 5.44. The minimum absolute atomic E-state index is 0.244. The van der Waals surface area contributed by atoms with Crippen LogP contribution in [0.3, 0.4) is 0 Å². The standard InChI is InChI=1S/C12H12BrN3O2/c1-16(2)11-9(4-3-6-14-11)15-12(17)8-5-7-18-10(8)13/h3-7H,1-2H3,(H,15,17). The minimum atomic E-state index is -0.244. The molecule has 6 heteroatoms. The van der Waals surface area contributed by atoms with Crippen molar-refractivity contribution in [3.05, 3.63) is 40.9 Å². The van der Waals surface area contributed by atoms with Crippen LogP contribution in [0.5, 0.6) is 0 Å². The van der Waals surface area contributed by atoms with Crippen molar-refractivity contribution < 1.29 is 9.21 Å². The molecule has 0 aliphatic rings. The maximum atomic E-state index is 12.0. The molecule has 0 saturated carbocycles. The second-order valence-corrected chi connectivity index (χ2v) is 4.55. The monoisotopic (exact) mass is 309 g/mol. The maximum absolute atomic E-state index is 12.0. The summed E-state index contributed by atoms with van der Waals surface area (Å²) in [6.07, 6.45) is 3.13. The number of rotatable bonds is 3. The van der Waals surface area contributed by atoms with E-state index >= 15 is 0 Å². The number of nitrogens with one attached hydrogen (secondary N) is 1. The van der Waals surface area contributed by atoms with E-state index in [1.165, 1.54) is 6.26 Å². The van der Waals surface area contributed by atoms with Gasteiger partial charge < -0.3 is 14.6 Å². The summed E-state index contributed by atoms with van der Waals surface area (Å²) in [6, 6.07) is 5.17. The summed E-state index contributed by atoms with van der Waals surface area (Å²) in [5.74, 6) is 0.456. The van der Waals surface area contributed by atoms with Gasteiger partial charge in [0, 0.05) is 20.3 Å². The quantitative estimate of drug-likeness (QED) is 0.947. The Morgan fingerprint density at radius 1 is 1.44 bits per heavy atom. The van der Waals surface area contributed by atoms with Gasteiger partial charge in [-0.15, -0.1) is 0 Å². The molecule has 0 spiro atoms. The number of hydrogen-bond acceptors (Lipinski definition) is 4. The normalized spacial score (nSPS) is 10.2. The number of amides is 1. The van der Waals surface area contributed by atoms with E-state index in [2.05, 4.69) is 26.2 Å². The molecule has 0 radical (unpaired) electrons. The minimum Gasteiger partial charge on any atom is -0.457 e. The summed E-state index contributed by atoms with van der Waals surface area (Å²) in [6.45, 7) is 0. The number of halogens is 1. The van der Waals surface area contributed by atoms with Crippen molar-refractivity contribution in [2.45, 2.75) is 0 Å². The van der Waals surface area contributed by atoms with E-state index in [0.29, 0.717) is 21.7 Å². The fraction of sp³-hybridized carbons (Fsp3) is 0.167. The Balaban J connectivity index is 2.25. The highest BCUT2D eigenvalue weighted by atomic mass is 79.9. The van der Waals surface area contributed by atoms with Crippen LogP contribution >= 0.6 is 15.9 Å². The van der Waals surface area contributed by atoms with Gasteiger partial charge in [-0.1, -0.05) is 0 Å². The summed E-state index contributed by atoms with van der Waals surface area (Å²) in [5, 5.41) is 2.80. The van der Waals surface area contributed by atoms with Gasteiger partial charge in [-0.25, -0.2) is 4.98 Å². The number of furan rings is 1. The van der Waals surface area contributed by atoms with Gasteiger partial charge in [0.05, 0.1) is 17.5 Å². The Morgan fingerprint density at radius 3 is 2.83 bits per heavy atom. The molecule has 1 amide bonds. The maximum Gasteiger partial charge on any atom is 0.260 e. The van der Waals surface area contributed by atoms with E-state index in [-0.39, 0.29) is 5.91 Å². The third kappa shape index (κ3) is 2.53. The molecule has 2 aromatic heterocycles. The molecule has 94 valence electrons. The van der Waals surface area contributed by atoms with Gasteiger partial charge in [-0.05, 0) is 34.1 Å². The lowest BCUT2D eigenvalue weighted by Gasteiger charge is -2.15. The highest BCUT2D eigenvalue weighted by Crippen LogP contribution is 2.23. The van der Waals surface area contributed by atoms with Crippen LogP contribution in [0.4, 0.5) is 11.5 Å². The molecule has 2 heterocycles. The molecule has 18 heavy (non-hydrogen) atoms. The Labute approximate surface area is 113 Å². The molecule has 0 aliphatic heterocycles. The summed E-state index contributed by atoms with van der Waals surface area (Å²) in [7, 11) is 3.73. The number of carbonyl (C=O) groups is 1. The highest BCUT2D eigenvalue weighted by Gasteiger charge is 2.15. The smallest absolute Gasteiger partial charge is 0.260 e. The number of pyridine rings is 1. The molecule has 0 unspecified atom stereocenters. The van der Waals surface area contributed by atoms with E-state index in [1.54, 1.807) is 24.4 Å². The van der Waals surface area contributed by atoms with Crippen LogP contribution in [0, 0.1) is 0 Å². The van der Waals surface area contributed by atoms with Crippen molar-refractivity contribution in [3.63, 3.8) is 0 Å². The summed E-state index contributed by atoms with van der Waals surface area (Å²) in [5.41, 5.74) is 1.10. The molecule has 2 rings (SSSR count). The van der Waals surface area contributed by atoms with Crippen LogP contribution in [0.15, 0.2) is 39.7 Å². The van der Waals surface area contributed by atoms with Gasteiger partial charge in [0.1, 0.15) is 0 Å². The van der Waals surface area contributed by atoms with Gasteiger partial charge in [0.2, 0.25) is 0 Å². The van der Waals surface area contributed by atoms with Crippen LogP contribution in [0.2, 0.25) is 0 Å². The average molecular weight is 310 g/mol. The molecule has 1 N–H and O–H groups in total. The average Bonchev–Trinajstić information content (AvgIpc) is 2.76. The van der Waals surface area contributed by atoms with Gasteiger partial charge >= 0.3 is 0 Å². The molecule has 0 aliphatic carbocycles. The van der Waals surface area contributed by atoms with Gasteiger partial charge in [0.15, 0.2) is 10.5 Å². The van der Waals surface area contributed by atoms with E-state index < -0.39 is 0 Å². The third-order valence-electron chi connectivity index (χ3n) is 2.32. The van der Waals surface area contributed by atoms with E-state index in [9.17, 15) is 4.79 Å². The van der Waals surface area contributed by atoms with Crippen LogP contribution in [0.25, 0.3) is 0 Å². The number of carbonyl (C=O) groups excluding carboxylic acids is 1. The first-order valence-corrected chi connectivity index (χ1v) is 6.05. The predicted molar refractivity (Wildman–Crippen MR) is 72.9 cm³/mol. The van der Waals surface area contributed by atoms with Crippen molar-refractivity contribution in [1.82, 2.24) is 4.98 Å². The van der Waals surface area contributed by atoms with Crippen molar-refractivity contribution in [2.75, 3.05) is 24.3 Å². The number of nitrogens with zero attached hydrogens (tertiary/aromatic N) is 2. The zero-order valence-corrected chi connectivity index (χ0v) is 11.6. The SMILES string of the molecule is CN(C)c1ncccc1NC(=O)c1ccoc1Br. The first kappa shape index (κ1) is 12.6. The van der Waals surface area contributed by atoms with Crippen molar-refractivity contribution in [2.24, 2.45) is 0 Å². The molecule has 0 aromatic carbocycles. The highest BCUT2D eigenvalue weighted by molar-refractivity contribution is 9.10. The number of hydrogen-bond donors (Lipinski definition) is 1. The lowest BCUT2D eigenvalue weighted by atomic mass is 10.3. The van der Waals surface area contributed by atoms with Gasteiger partial charge in [0.25, 0.3) is 5.91 Å².